The molecule has 0 bridgehead atoms. The molecular weight excluding hydrogens is 261 g/mol. The standard InChI is InChI=1S/C11H9ClFN3S/c12-7-4-2-1-3-6(7)9-5-8(13)10-14-11(17)15-16(9)10/h1-4,8-9H,5H2,(H,15,17)/t8-,9-/m1/s1. The molecule has 2 aromatic rings. The molecule has 1 aliphatic heterocycles. The van der Waals surface area contributed by atoms with Gasteiger partial charge in [0.2, 0.25) is 5.16 Å². The zero-order chi connectivity index (χ0) is 12.0. The topological polar surface area (TPSA) is 30.7 Å². The molecule has 0 spiro atoms. The van der Waals surface area contributed by atoms with E-state index in [9.17, 15) is 4.39 Å². The van der Waals surface area contributed by atoms with Crippen LogP contribution in [-0.4, -0.2) is 14.8 Å². The van der Waals surface area contributed by atoms with Crippen molar-refractivity contribution in [1.29, 1.82) is 0 Å². The number of halogens is 2. The molecule has 88 valence electrons. The van der Waals surface area contributed by atoms with Gasteiger partial charge in [-0.15, -0.1) is 17.7 Å². The van der Waals surface area contributed by atoms with E-state index in [0.29, 0.717) is 22.4 Å². The van der Waals surface area contributed by atoms with Gasteiger partial charge < -0.3 is 0 Å². The Morgan fingerprint density at radius 3 is 2.94 bits per heavy atom. The quantitative estimate of drug-likeness (QED) is 0.806. The molecule has 2 atom stereocenters. The van der Waals surface area contributed by atoms with Crippen LogP contribution in [0.25, 0.3) is 0 Å². The van der Waals surface area contributed by atoms with Crippen LogP contribution in [0.1, 0.15) is 30.0 Å². The molecule has 17 heavy (non-hydrogen) atoms. The molecule has 6 heteroatoms. The van der Waals surface area contributed by atoms with Crippen molar-refractivity contribution in [3.05, 3.63) is 40.7 Å². The monoisotopic (exact) mass is 269 g/mol. The Hall–Kier alpha value is -1.07. The van der Waals surface area contributed by atoms with Gasteiger partial charge in [0.15, 0.2) is 12.0 Å². The minimum absolute atomic E-state index is 0.193. The van der Waals surface area contributed by atoms with Crippen LogP contribution >= 0.6 is 24.2 Å². The lowest BCUT2D eigenvalue weighted by Crippen LogP contribution is -2.07. The maximum Gasteiger partial charge on any atom is 0.205 e. The average molecular weight is 270 g/mol. The Morgan fingerprint density at radius 2 is 2.18 bits per heavy atom. The Labute approximate surface area is 108 Å². The second kappa shape index (κ2) is 3.99. The second-order valence-electron chi connectivity index (χ2n) is 3.96. The van der Waals surface area contributed by atoms with E-state index in [-0.39, 0.29) is 6.04 Å². The van der Waals surface area contributed by atoms with Gasteiger partial charge in [-0.05, 0) is 11.6 Å². The summed E-state index contributed by atoms with van der Waals surface area (Å²) in [5.74, 6) is 0.333. The zero-order valence-corrected chi connectivity index (χ0v) is 10.4. The highest BCUT2D eigenvalue weighted by Crippen LogP contribution is 2.41. The lowest BCUT2D eigenvalue weighted by Gasteiger charge is -2.13. The molecular formula is C11H9ClFN3S. The molecule has 0 saturated carbocycles. The summed E-state index contributed by atoms with van der Waals surface area (Å²) in [5.41, 5.74) is 0.869. The third-order valence-corrected chi connectivity index (χ3v) is 3.45. The van der Waals surface area contributed by atoms with Crippen LogP contribution < -0.4 is 0 Å². The SMILES string of the molecule is F[C@@H]1C[C@H](c2ccccc2Cl)n2nc(S)nc21. The van der Waals surface area contributed by atoms with Gasteiger partial charge in [0.05, 0.1) is 6.04 Å². The van der Waals surface area contributed by atoms with Crippen molar-refractivity contribution < 1.29 is 4.39 Å². The summed E-state index contributed by atoms with van der Waals surface area (Å²) in [5, 5.41) is 5.02. The number of alkyl halides is 1. The third kappa shape index (κ3) is 1.73. The van der Waals surface area contributed by atoms with Crippen molar-refractivity contribution in [2.75, 3.05) is 0 Å². The van der Waals surface area contributed by atoms with Gasteiger partial charge in [-0.2, -0.15) is 0 Å². The lowest BCUT2D eigenvalue weighted by atomic mass is 10.0. The van der Waals surface area contributed by atoms with Crippen LogP contribution in [0, 0.1) is 0 Å². The molecule has 1 aromatic carbocycles. The molecule has 0 radical (unpaired) electrons. The lowest BCUT2D eigenvalue weighted by molar-refractivity contribution is 0.327. The summed E-state index contributed by atoms with van der Waals surface area (Å²) in [6.45, 7) is 0. The van der Waals surface area contributed by atoms with Gasteiger partial charge >= 0.3 is 0 Å². The average Bonchev–Trinajstić information content (AvgIpc) is 2.80. The van der Waals surface area contributed by atoms with Gasteiger partial charge in [-0.25, -0.2) is 14.1 Å². The number of rotatable bonds is 1. The summed E-state index contributed by atoms with van der Waals surface area (Å²) < 4.78 is 15.4. The molecule has 0 fully saturated rings. The Balaban J connectivity index is 2.10. The van der Waals surface area contributed by atoms with Gasteiger partial charge in [0.1, 0.15) is 0 Å². The number of fused-ring (bicyclic) bond motifs is 1. The number of thiol groups is 1. The Kier molecular flexibility index (Phi) is 2.60. The smallest absolute Gasteiger partial charge is 0.205 e. The van der Waals surface area contributed by atoms with Crippen LogP contribution in [0.2, 0.25) is 5.02 Å². The number of aromatic nitrogens is 3. The second-order valence-corrected chi connectivity index (χ2v) is 4.76. The van der Waals surface area contributed by atoms with Gasteiger partial charge in [0.25, 0.3) is 0 Å². The first-order chi connectivity index (χ1) is 8.16. The van der Waals surface area contributed by atoms with Gasteiger partial charge in [-0.3, -0.25) is 0 Å². The number of hydrogen-bond acceptors (Lipinski definition) is 3. The van der Waals surface area contributed by atoms with E-state index in [0.717, 1.165) is 5.56 Å². The van der Waals surface area contributed by atoms with E-state index >= 15 is 0 Å². The summed E-state index contributed by atoms with van der Waals surface area (Å²) >= 11 is 10.2. The molecule has 1 aliphatic rings. The number of nitrogens with zero attached hydrogens (tertiary/aromatic N) is 3. The van der Waals surface area contributed by atoms with Gasteiger partial charge in [0, 0.05) is 11.4 Å². The predicted molar refractivity (Wildman–Crippen MR) is 65.3 cm³/mol. The maximum atomic E-state index is 13.8. The van der Waals surface area contributed by atoms with E-state index in [1.807, 2.05) is 18.2 Å². The van der Waals surface area contributed by atoms with Crippen molar-refractivity contribution in [3.63, 3.8) is 0 Å². The normalized spacial score (nSPS) is 22.8. The minimum Gasteiger partial charge on any atom is -0.239 e. The molecule has 0 N–H and O–H groups in total. The summed E-state index contributed by atoms with van der Waals surface area (Å²) in [7, 11) is 0. The van der Waals surface area contributed by atoms with E-state index in [2.05, 4.69) is 22.7 Å². The van der Waals surface area contributed by atoms with Gasteiger partial charge in [-0.1, -0.05) is 29.8 Å². The first-order valence-electron chi connectivity index (χ1n) is 5.20. The molecule has 3 rings (SSSR count). The van der Waals surface area contributed by atoms with E-state index in [1.165, 1.54) is 0 Å². The molecule has 0 amide bonds. The maximum absolute atomic E-state index is 13.8. The number of hydrogen-bond donors (Lipinski definition) is 1. The van der Waals surface area contributed by atoms with Crippen molar-refractivity contribution in [1.82, 2.24) is 14.8 Å². The van der Waals surface area contributed by atoms with Crippen molar-refractivity contribution >= 4 is 24.2 Å². The zero-order valence-electron chi connectivity index (χ0n) is 8.72. The van der Waals surface area contributed by atoms with Crippen LogP contribution in [0.5, 0.6) is 0 Å². The third-order valence-electron chi connectivity index (χ3n) is 2.92. The first-order valence-corrected chi connectivity index (χ1v) is 6.03. The van der Waals surface area contributed by atoms with Crippen LogP contribution in [0.3, 0.4) is 0 Å². The van der Waals surface area contributed by atoms with E-state index in [4.69, 9.17) is 11.6 Å². The minimum atomic E-state index is -1.11. The van der Waals surface area contributed by atoms with Crippen molar-refractivity contribution in [2.24, 2.45) is 0 Å². The molecule has 0 aliphatic carbocycles. The summed E-state index contributed by atoms with van der Waals surface area (Å²) in [6, 6.07) is 7.21. The molecule has 0 saturated heterocycles. The van der Waals surface area contributed by atoms with Crippen LogP contribution in [-0.2, 0) is 0 Å². The number of benzene rings is 1. The fraction of sp³-hybridized carbons (Fsp3) is 0.273. The van der Waals surface area contributed by atoms with Crippen molar-refractivity contribution in [2.45, 2.75) is 23.8 Å². The molecule has 3 nitrogen and oxygen atoms in total. The summed E-state index contributed by atoms with van der Waals surface area (Å²) in [6.07, 6.45) is -0.780. The van der Waals surface area contributed by atoms with E-state index < -0.39 is 6.17 Å². The highest BCUT2D eigenvalue weighted by atomic mass is 35.5. The highest BCUT2D eigenvalue weighted by molar-refractivity contribution is 7.80. The largest absolute Gasteiger partial charge is 0.239 e. The van der Waals surface area contributed by atoms with Crippen LogP contribution in [0.15, 0.2) is 29.4 Å². The molecule has 2 heterocycles. The Morgan fingerprint density at radius 1 is 1.41 bits per heavy atom. The Bertz CT molecular complexity index is 572. The predicted octanol–water partition coefficient (Wildman–Crippen LogP) is 3.22. The molecule has 1 aromatic heterocycles. The van der Waals surface area contributed by atoms with E-state index in [1.54, 1.807) is 10.7 Å². The van der Waals surface area contributed by atoms with Crippen molar-refractivity contribution in [3.8, 4) is 0 Å². The molecule has 0 unspecified atom stereocenters. The fourth-order valence-electron chi connectivity index (χ4n) is 2.17. The fourth-order valence-corrected chi connectivity index (χ4v) is 2.63. The first kappa shape index (κ1) is 11.0. The highest BCUT2D eigenvalue weighted by Gasteiger charge is 2.35. The van der Waals surface area contributed by atoms with Crippen LogP contribution in [0.4, 0.5) is 4.39 Å². The summed E-state index contributed by atoms with van der Waals surface area (Å²) in [4.78, 5) is 3.98.